The number of carbonyl (C=O) groups is 1. The van der Waals surface area contributed by atoms with Gasteiger partial charge in [-0.2, -0.15) is 15.2 Å². The zero-order chi connectivity index (χ0) is 28.4. The van der Waals surface area contributed by atoms with E-state index in [2.05, 4.69) is 23.0 Å². The summed E-state index contributed by atoms with van der Waals surface area (Å²) >= 11 is 1.39. The maximum absolute atomic E-state index is 13.7. The molecule has 2 aromatic carbocycles. The molecule has 8 nitrogen and oxygen atoms in total. The quantitative estimate of drug-likeness (QED) is 0.394. The van der Waals surface area contributed by atoms with Crippen LogP contribution < -0.4 is 26.3 Å². The van der Waals surface area contributed by atoms with Gasteiger partial charge in [-0.1, -0.05) is 54.6 Å². The van der Waals surface area contributed by atoms with Crippen molar-refractivity contribution in [1.82, 2.24) is 4.68 Å². The van der Waals surface area contributed by atoms with E-state index in [4.69, 9.17) is 0 Å². The normalized spacial score (nSPS) is 13.2. The van der Waals surface area contributed by atoms with Crippen molar-refractivity contribution in [3.8, 4) is 29.1 Å². The lowest BCUT2D eigenvalue weighted by Gasteiger charge is -2.15. The van der Waals surface area contributed by atoms with E-state index in [1.165, 1.54) is 11.3 Å². The van der Waals surface area contributed by atoms with Crippen molar-refractivity contribution in [3.63, 3.8) is 0 Å². The minimum atomic E-state index is -0.754. The molecule has 0 bridgehead atoms. The molecule has 0 spiro atoms. The van der Waals surface area contributed by atoms with E-state index in [0.29, 0.717) is 20.7 Å². The van der Waals surface area contributed by atoms with Gasteiger partial charge in [0.25, 0.3) is 11.5 Å². The van der Waals surface area contributed by atoms with Gasteiger partial charge in [-0.15, -0.1) is 11.3 Å². The molecule has 0 saturated carbocycles. The van der Waals surface area contributed by atoms with Crippen molar-refractivity contribution in [2.45, 2.75) is 19.8 Å². The fourth-order valence-electron chi connectivity index (χ4n) is 4.78. The maximum Gasteiger partial charge on any atom is 0.280 e. The lowest BCUT2D eigenvalue weighted by atomic mass is 9.99. The number of aryl methyl sites for hydroxylation is 1. The van der Waals surface area contributed by atoms with Crippen molar-refractivity contribution in [3.05, 3.63) is 103 Å². The first-order valence-electron chi connectivity index (χ1n) is 12.7. The summed E-state index contributed by atoms with van der Waals surface area (Å²) in [6, 6.07) is 20.3. The van der Waals surface area contributed by atoms with Crippen LogP contribution in [0.25, 0.3) is 23.8 Å². The van der Waals surface area contributed by atoms with Crippen LogP contribution in [0.5, 0.6) is 5.88 Å². The molecule has 0 unspecified atom stereocenters. The zero-order valence-corrected chi connectivity index (χ0v) is 22.6. The fraction of sp³-hybridized carbons (Fsp3) is 0.161. The number of pyridine rings is 1. The number of nitrogens with zero attached hydrogens (tertiary/aromatic N) is 4. The molecule has 9 heteroatoms. The van der Waals surface area contributed by atoms with Gasteiger partial charge in [0.15, 0.2) is 0 Å². The monoisotopic (exact) mass is 547 g/mol. The molecular weight excluding hydrogens is 522 g/mol. The zero-order valence-electron chi connectivity index (χ0n) is 21.8. The molecule has 1 saturated heterocycles. The first kappa shape index (κ1) is 26.5. The molecule has 198 valence electrons. The van der Waals surface area contributed by atoms with Crippen LogP contribution in [0.15, 0.2) is 59.4 Å². The Balaban J connectivity index is 1.77. The SMILES string of the molecule is C=c1c(C#N)c(O)n(NC(=O)c2ccccc2)c(=O)/c1=C\c1sc(N2CCCC2)c(C#N)c1-c1ccc(C)cc1. The van der Waals surface area contributed by atoms with Gasteiger partial charge >= 0.3 is 0 Å². The number of nitriles is 2. The number of nitrogens with one attached hydrogen (secondary N) is 1. The number of rotatable bonds is 5. The summed E-state index contributed by atoms with van der Waals surface area (Å²) in [7, 11) is 0. The maximum atomic E-state index is 13.7. The highest BCUT2D eigenvalue weighted by molar-refractivity contribution is 7.17. The third-order valence-corrected chi connectivity index (χ3v) is 8.09. The molecule has 5 rings (SSSR count). The van der Waals surface area contributed by atoms with Gasteiger partial charge < -0.3 is 10.0 Å². The van der Waals surface area contributed by atoms with Crippen molar-refractivity contribution in [1.29, 1.82) is 10.5 Å². The minimum Gasteiger partial charge on any atom is -0.492 e. The van der Waals surface area contributed by atoms with Gasteiger partial charge in [0.2, 0.25) is 5.88 Å². The molecule has 0 atom stereocenters. The van der Waals surface area contributed by atoms with E-state index >= 15 is 0 Å². The summed E-state index contributed by atoms with van der Waals surface area (Å²) in [6.07, 6.45) is 3.65. The number of anilines is 1. The second-order valence-corrected chi connectivity index (χ2v) is 10.5. The number of aromatic hydroxyl groups is 1. The molecule has 1 fully saturated rings. The molecule has 0 radical (unpaired) electrons. The first-order chi connectivity index (χ1) is 19.3. The highest BCUT2D eigenvalue weighted by Crippen LogP contribution is 2.43. The molecule has 1 aliphatic rings. The summed E-state index contributed by atoms with van der Waals surface area (Å²) in [5.41, 5.74) is 4.76. The van der Waals surface area contributed by atoms with E-state index in [0.717, 1.165) is 42.1 Å². The number of aromatic nitrogens is 1. The third kappa shape index (κ3) is 4.75. The Kier molecular flexibility index (Phi) is 7.24. The summed E-state index contributed by atoms with van der Waals surface area (Å²) in [6.45, 7) is 7.56. The highest BCUT2D eigenvalue weighted by Gasteiger charge is 2.25. The Bertz CT molecular complexity index is 1870. The molecule has 2 N–H and O–H groups in total. The van der Waals surface area contributed by atoms with Gasteiger partial charge in [-0.25, -0.2) is 0 Å². The van der Waals surface area contributed by atoms with Gasteiger partial charge in [0, 0.05) is 34.3 Å². The fourth-order valence-corrected chi connectivity index (χ4v) is 6.04. The van der Waals surface area contributed by atoms with E-state index in [-0.39, 0.29) is 21.6 Å². The van der Waals surface area contributed by atoms with Crippen molar-refractivity contribution < 1.29 is 9.90 Å². The van der Waals surface area contributed by atoms with E-state index in [9.17, 15) is 25.2 Å². The van der Waals surface area contributed by atoms with E-state index in [1.54, 1.807) is 36.4 Å². The summed E-state index contributed by atoms with van der Waals surface area (Å²) in [5.74, 6) is -1.34. The van der Waals surface area contributed by atoms with Crippen LogP contribution in [0, 0.1) is 29.6 Å². The third-order valence-electron chi connectivity index (χ3n) is 6.89. The lowest BCUT2D eigenvalue weighted by Crippen LogP contribution is -2.49. The molecule has 1 aliphatic heterocycles. The molecular formula is C31H25N5O3S. The second kappa shape index (κ2) is 10.9. The van der Waals surface area contributed by atoms with Gasteiger partial charge in [0.05, 0.1) is 10.8 Å². The van der Waals surface area contributed by atoms with Crippen LogP contribution in [0.2, 0.25) is 0 Å². The molecule has 40 heavy (non-hydrogen) atoms. The molecule has 1 amide bonds. The van der Waals surface area contributed by atoms with E-state index < -0.39 is 17.3 Å². The molecule has 4 aromatic rings. The lowest BCUT2D eigenvalue weighted by molar-refractivity contribution is 0.100. The number of amides is 1. The van der Waals surface area contributed by atoms with Crippen LogP contribution in [0.4, 0.5) is 5.00 Å². The first-order valence-corrected chi connectivity index (χ1v) is 13.5. The number of carbonyl (C=O) groups excluding carboxylic acids is 1. The molecule has 0 aliphatic carbocycles. The average Bonchev–Trinajstić information content (AvgIpc) is 3.62. The predicted octanol–water partition coefficient (Wildman–Crippen LogP) is 3.56. The van der Waals surface area contributed by atoms with Crippen molar-refractivity contribution in [2.24, 2.45) is 0 Å². The summed E-state index contributed by atoms with van der Waals surface area (Å²) < 4.78 is 0.667. The summed E-state index contributed by atoms with van der Waals surface area (Å²) in [5, 5.41) is 31.7. The smallest absolute Gasteiger partial charge is 0.280 e. The number of thiophene rings is 1. The molecule has 3 heterocycles. The highest BCUT2D eigenvalue weighted by atomic mass is 32.1. The van der Waals surface area contributed by atoms with Crippen LogP contribution in [0.3, 0.4) is 0 Å². The standard InChI is InChI=1S/C31H25N5O3S/c1-19-10-12-21(13-11-19)27-25(18-33)31(35-14-6-7-15-35)40-26(27)16-23-20(2)24(17-32)30(39)36(29(23)38)34-28(37)22-8-4-3-5-9-22/h3-5,8-13,16,39H,2,6-7,14-15H2,1H3,(H,34,37)/b23-16-. The van der Waals surface area contributed by atoms with Gasteiger partial charge in [-0.3, -0.25) is 15.0 Å². The Hall–Kier alpha value is -5.12. The van der Waals surface area contributed by atoms with Crippen molar-refractivity contribution >= 4 is 34.9 Å². The van der Waals surface area contributed by atoms with Crippen LogP contribution >= 0.6 is 11.3 Å². The largest absolute Gasteiger partial charge is 0.492 e. The Morgan fingerprint density at radius 3 is 2.33 bits per heavy atom. The second-order valence-electron chi connectivity index (χ2n) is 9.49. The number of benzene rings is 2. The Labute approximate surface area is 234 Å². The van der Waals surface area contributed by atoms with Gasteiger partial charge in [-0.05, 0) is 43.5 Å². The van der Waals surface area contributed by atoms with Crippen LogP contribution in [-0.4, -0.2) is 28.8 Å². The molecule has 2 aromatic heterocycles. The van der Waals surface area contributed by atoms with Crippen LogP contribution in [-0.2, 0) is 0 Å². The average molecular weight is 548 g/mol. The summed E-state index contributed by atoms with van der Waals surface area (Å²) in [4.78, 5) is 29.4. The minimum absolute atomic E-state index is 0.0229. The van der Waals surface area contributed by atoms with Gasteiger partial charge in [0.1, 0.15) is 22.7 Å². The topological polar surface area (TPSA) is 122 Å². The number of hydrogen-bond acceptors (Lipinski definition) is 7. The Morgan fingerprint density at radius 2 is 1.70 bits per heavy atom. The Morgan fingerprint density at radius 1 is 1.05 bits per heavy atom. The predicted molar refractivity (Wildman–Crippen MR) is 156 cm³/mol. The van der Waals surface area contributed by atoms with Crippen molar-refractivity contribution in [2.75, 3.05) is 23.4 Å². The number of hydrogen-bond donors (Lipinski definition) is 2. The van der Waals surface area contributed by atoms with E-state index in [1.807, 2.05) is 37.3 Å². The van der Waals surface area contributed by atoms with Crippen LogP contribution in [0.1, 0.15) is 44.8 Å².